The summed E-state index contributed by atoms with van der Waals surface area (Å²) in [6.45, 7) is 4.17. The standard InChI is InChI=1S/C8H11ClN2S/c1-8(2,6-9)12-7-4-3-5-10-11-7/h3-5H,6H2,1-2H3. The Balaban J connectivity index is 2.64. The predicted molar refractivity (Wildman–Crippen MR) is 52.7 cm³/mol. The molecule has 1 aromatic rings. The van der Waals surface area contributed by atoms with E-state index >= 15 is 0 Å². The fourth-order valence-corrected chi connectivity index (χ4v) is 1.67. The van der Waals surface area contributed by atoms with Gasteiger partial charge in [-0.1, -0.05) is 11.8 Å². The molecular weight excluding hydrogens is 192 g/mol. The summed E-state index contributed by atoms with van der Waals surface area (Å²) in [7, 11) is 0. The average molecular weight is 203 g/mol. The van der Waals surface area contributed by atoms with E-state index < -0.39 is 0 Å². The Kier molecular flexibility index (Phi) is 3.35. The van der Waals surface area contributed by atoms with Crippen LogP contribution in [-0.2, 0) is 0 Å². The van der Waals surface area contributed by atoms with Crippen LogP contribution in [0.25, 0.3) is 0 Å². The van der Waals surface area contributed by atoms with E-state index in [1.165, 1.54) is 0 Å². The van der Waals surface area contributed by atoms with Gasteiger partial charge in [0.2, 0.25) is 0 Å². The molecule has 0 amide bonds. The van der Waals surface area contributed by atoms with Crippen LogP contribution in [0.1, 0.15) is 13.8 Å². The molecule has 0 aromatic carbocycles. The van der Waals surface area contributed by atoms with E-state index in [4.69, 9.17) is 11.6 Å². The van der Waals surface area contributed by atoms with Crippen LogP contribution in [0, 0.1) is 0 Å². The first kappa shape index (κ1) is 9.81. The number of thioether (sulfide) groups is 1. The van der Waals surface area contributed by atoms with Gasteiger partial charge in [-0.05, 0) is 26.0 Å². The topological polar surface area (TPSA) is 25.8 Å². The first-order valence-corrected chi connectivity index (χ1v) is 5.02. The van der Waals surface area contributed by atoms with E-state index in [-0.39, 0.29) is 4.75 Å². The van der Waals surface area contributed by atoms with E-state index in [0.717, 1.165) is 5.03 Å². The molecule has 66 valence electrons. The maximum atomic E-state index is 5.77. The van der Waals surface area contributed by atoms with Gasteiger partial charge in [-0.3, -0.25) is 0 Å². The zero-order chi connectivity index (χ0) is 9.03. The molecule has 0 aliphatic heterocycles. The van der Waals surface area contributed by atoms with Crippen molar-refractivity contribution < 1.29 is 0 Å². The van der Waals surface area contributed by atoms with Crippen molar-refractivity contribution in [2.24, 2.45) is 0 Å². The molecule has 1 rings (SSSR count). The van der Waals surface area contributed by atoms with Gasteiger partial charge in [-0.15, -0.1) is 16.7 Å². The highest BCUT2D eigenvalue weighted by molar-refractivity contribution is 8.00. The SMILES string of the molecule is CC(C)(CCl)Sc1cccnn1. The van der Waals surface area contributed by atoms with Gasteiger partial charge in [0.05, 0.1) is 0 Å². The summed E-state index contributed by atoms with van der Waals surface area (Å²) < 4.78 is 0.0254. The lowest BCUT2D eigenvalue weighted by Crippen LogP contribution is -2.16. The molecule has 0 radical (unpaired) electrons. The average Bonchev–Trinajstić information content (AvgIpc) is 2.06. The maximum absolute atomic E-state index is 5.77. The molecule has 0 unspecified atom stereocenters. The molecule has 1 heterocycles. The second-order valence-electron chi connectivity index (χ2n) is 3.06. The summed E-state index contributed by atoms with van der Waals surface area (Å²) in [5.74, 6) is 0.605. The van der Waals surface area contributed by atoms with Crippen LogP contribution in [0.5, 0.6) is 0 Å². The number of hydrogen-bond donors (Lipinski definition) is 0. The van der Waals surface area contributed by atoms with E-state index in [0.29, 0.717) is 5.88 Å². The Labute approximate surface area is 81.7 Å². The Morgan fingerprint density at radius 1 is 1.58 bits per heavy atom. The van der Waals surface area contributed by atoms with Crippen molar-refractivity contribution in [1.82, 2.24) is 10.2 Å². The van der Waals surface area contributed by atoms with Gasteiger partial charge in [0.25, 0.3) is 0 Å². The minimum absolute atomic E-state index is 0.0254. The lowest BCUT2D eigenvalue weighted by Gasteiger charge is -2.18. The number of halogens is 1. The lowest BCUT2D eigenvalue weighted by molar-refractivity contribution is 0.801. The normalized spacial score (nSPS) is 11.6. The van der Waals surface area contributed by atoms with Crippen molar-refractivity contribution in [2.45, 2.75) is 23.6 Å². The number of nitrogens with zero attached hydrogens (tertiary/aromatic N) is 2. The van der Waals surface area contributed by atoms with Crippen LogP contribution in [0.3, 0.4) is 0 Å². The van der Waals surface area contributed by atoms with Gasteiger partial charge in [0, 0.05) is 16.8 Å². The van der Waals surface area contributed by atoms with Crippen molar-refractivity contribution in [1.29, 1.82) is 0 Å². The molecule has 1 aromatic heterocycles. The van der Waals surface area contributed by atoms with Crippen LogP contribution in [-0.4, -0.2) is 20.8 Å². The molecule has 0 spiro atoms. The second kappa shape index (κ2) is 4.10. The fraction of sp³-hybridized carbons (Fsp3) is 0.500. The van der Waals surface area contributed by atoms with E-state index in [2.05, 4.69) is 24.0 Å². The lowest BCUT2D eigenvalue weighted by atomic mass is 10.2. The molecule has 0 aliphatic carbocycles. The summed E-state index contributed by atoms with van der Waals surface area (Å²) in [5.41, 5.74) is 0. The first-order valence-electron chi connectivity index (χ1n) is 3.67. The van der Waals surface area contributed by atoms with Crippen LogP contribution in [0.15, 0.2) is 23.4 Å². The van der Waals surface area contributed by atoms with Crippen molar-refractivity contribution >= 4 is 23.4 Å². The molecule has 0 atom stereocenters. The molecule has 4 heteroatoms. The van der Waals surface area contributed by atoms with Crippen molar-refractivity contribution in [2.75, 3.05) is 5.88 Å². The Hall–Kier alpha value is -0.280. The van der Waals surface area contributed by atoms with Crippen molar-refractivity contribution in [3.8, 4) is 0 Å². The molecule has 0 fully saturated rings. The van der Waals surface area contributed by atoms with Crippen LogP contribution >= 0.6 is 23.4 Å². The Bertz CT molecular complexity index is 238. The Morgan fingerprint density at radius 3 is 2.83 bits per heavy atom. The van der Waals surface area contributed by atoms with Gasteiger partial charge in [0.1, 0.15) is 5.03 Å². The highest BCUT2D eigenvalue weighted by Gasteiger charge is 2.18. The number of aromatic nitrogens is 2. The maximum Gasteiger partial charge on any atom is 0.119 e. The summed E-state index contributed by atoms with van der Waals surface area (Å²) in [6, 6.07) is 3.81. The van der Waals surface area contributed by atoms with Gasteiger partial charge in [-0.25, -0.2) is 0 Å². The van der Waals surface area contributed by atoms with E-state index in [1.807, 2.05) is 12.1 Å². The quantitative estimate of drug-likeness (QED) is 0.557. The first-order chi connectivity index (χ1) is 5.64. The van der Waals surface area contributed by atoms with Gasteiger partial charge in [0.15, 0.2) is 0 Å². The number of alkyl halides is 1. The molecular formula is C8H11ClN2S. The predicted octanol–water partition coefficient (Wildman–Crippen LogP) is 2.59. The minimum Gasteiger partial charge on any atom is -0.158 e. The van der Waals surface area contributed by atoms with Gasteiger partial charge in [-0.2, -0.15) is 5.10 Å². The highest BCUT2D eigenvalue weighted by atomic mass is 35.5. The third-order valence-electron chi connectivity index (χ3n) is 1.25. The zero-order valence-electron chi connectivity index (χ0n) is 7.12. The summed E-state index contributed by atoms with van der Waals surface area (Å²) in [5, 5.41) is 8.68. The minimum atomic E-state index is 0.0254. The third-order valence-corrected chi connectivity index (χ3v) is 3.20. The van der Waals surface area contributed by atoms with Crippen LogP contribution in [0.4, 0.5) is 0 Å². The molecule has 0 saturated heterocycles. The van der Waals surface area contributed by atoms with Gasteiger partial charge < -0.3 is 0 Å². The molecule has 0 saturated carbocycles. The summed E-state index contributed by atoms with van der Waals surface area (Å²) >= 11 is 7.41. The Morgan fingerprint density at radius 2 is 2.33 bits per heavy atom. The summed E-state index contributed by atoms with van der Waals surface area (Å²) in [4.78, 5) is 0. The highest BCUT2D eigenvalue weighted by Crippen LogP contribution is 2.31. The number of hydrogen-bond acceptors (Lipinski definition) is 3. The molecule has 12 heavy (non-hydrogen) atoms. The smallest absolute Gasteiger partial charge is 0.119 e. The summed E-state index contributed by atoms with van der Waals surface area (Å²) in [6.07, 6.45) is 1.66. The van der Waals surface area contributed by atoms with Crippen molar-refractivity contribution in [3.05, 3.63) is 18.3 Å². The number of rotatable bonds is 3. The van der Waals surface area contributed by atoms with Crippen LogP contribution < -0.4 is 0 Å². The fourth-order valence-electron chi connectivity index (χ4n) is 0.652. The van der Waals surface area contributed by atoms with E-state index in [9.17, 15) is 0 Å². The largest absolute Gasteiger partial charge is 0.158 e. The third kappa shape index (κ3) is 2.99. The van der Waals surface area contributed by atoms with Crippen LogP contribution in [0.2, 0.25) is 0 Å². The van der Waals surface area contributed by atoms with E-state index in [1.54, 1.807) is 18.0 Å². The molecule has 2 nitrogen and oxygen atoms in total. The zero-order valence-corrected chi connectivity index (χ0v) is 8.69. The second-order valence-corrected chi connectivity index (χ2v) is 5.05. The monoisotopic (exact) mass is 202 g/mol. The van der Waals surface area contributed by atoms with Gasteiger partial charge >= 0.3 is 0 Å². The molecule has 0 aliphatic rings. The molecule has 0 N–H and O–H groups in total. The van der Waals surface area contributed by atoms with Crippen molar-refractivity contribution in [3.63, 3.8) is 0 Å². The molecule has 0 bridgehead atoms.